The first-order valence-corrected chi connectivity index (χ1v) is 11.3. The fourth-order valence-electron chi connectivity index (χ4n) is 5.03. The molecule has 1 amide bonds. The zero-order chi connectivity index (χ0) is 23.8. The predicted molar refractivity (Wildman–Crippen MR) is 124 cm³/mol. The number of rotatable bonds is 4. The number of hydrazine groups is 1. The van der Waals surface area contributed by atoms with Crippen molar-refractivity contribution in [3.63, 3.8) is 0 Å². The number of hydrogen-bond donors (Lipinski definition) is 1. The summed E-state index contributed by atoms with van der Waals surface area (Å²) >= 11 is 0. The number of nitrogens with zero attached hydrogens (tertiary/aromatic N) is 3. The van der Waals surface area contributed by atoms with Gasteiger partial charge in [0.1, 0.15) is 11.7 Å². The zero-order valence-corrected chi connectivity index (χ0v) is 18.8. The molecule has 1 N–H and O–H groups in total. The van der Waals surface area contributed by atoms with Crippen molar-refractivity contribution in [2.75, 3.05) is 20.2 Å². The van der Waals surface area contributed by atoms with Crippen molar-refractivity contribution in [3.8, 4) is 5.75 Å². The van der Waals surface area contributed by atoms with E-state index in [4.69, 9.17) is 4.74 Å². The average molecular weight is 460 g/mol. The number of carbonyl (C=O) groups excluding carboxylic acids is 2. The van der Waals surface area contributed by atoms with Crippen molar-refractivity contribution in [2.24, 2.45) is 0 Å². The van der Waals surface area contributed by atoms with Gasteiger partial charge in [-0.1, -0.05) is 60.7 Å². The number of fused-ring (bicyclic) bond motifs is 2. The Balaban J connectivity index is 1.82. The maximum atomic E-state index is 13.5. The first-order valence-electron chi connectivity index (χ1n) is 11.3. The number of carbonyl (C=O) groups is 2. The molecule has 1 unspecified atom stereocenters. The normalized spacial score (nSPS) is 17.9. The number of ether oxygens (including phenoxy) is 1. The van der Waals surface area contributed by atoms with E-state index in [1.54, 1.807) is 9.58 Å². The Hall–Kier alpha value is -3.91. The summed E-state index contributed by atoms with van der Waals surface area (Å²) in [6.07, 6.45) is 2.56. The standard InChI is InChI=1S/C26H25N3O5/c1-34-26(33)19-16-27-21(23(31)22(19)30)25(32)29-15-9-8-14-28(29)24(27)20(17-10-4-2-5-11-17)18-12-6-3-7-13-18/h2-7,10-13,16,20,24,31H,8-9,14-15H2,1H3. The molecule has 174 valence electrons. The molecule has 0 spiro atoms. The lowest BCUT2D eigenvalue weighted by molar-refractivity contribution is -0.0988. The van der Waals surface area contributed by atoms with Crippen LogP contribution in [0.3, 0.4) is 0 Å². The van der Waals surface area contributed by atoms with Gasteiger partial charge in [0, 0.05) is 25.2 Å². The van der Waals surface area contributed by atoms with Crippen molar-refractivity contribution in [1.29, 1.82) is 0 Å². The second-order valence-corrected chi connectivity index (χ2v) is 8.48. The lowest BCUT2D eigenvalue weighted by Gasteiger charge is -2.50. The van der Waals surface area contributed by atoms with Crippen LogP contribution in [0, 0.1) is 0 Å². The Kier molecular flexibility index (Phi) is 5.67. The van der Waals surface area contributed by atoms with E-state index in [1.165, 1.54) is 13.3 Å². The molecule has 8 heteroatoms. The summed E-state index contributed by atoms with van der Waals surface area (Å²) in [5, 5.41) is 14.5. The van der Waals surface area contributed by atoms with E-state index >= 15 is 0 Å². The van der Waals surface area contributed by atoms with Crippen LogP contribution in [0.4, 0.5) is 0 Å². The lowest BCUT2D eigenvalue weighted by atomic mass is 9.87. The molecule has 3 aromatic rings. The minimum Gasteiger partial charge on any atom is -0.503 e. The van der Waals surface area contributed by atoms with E-state index in [1.807, 2.05) is 65.7 Å². The fourth-order valence-corrected chi connectivity index (χ4v) is 5.03. The average Bonchev–Trinajstić information content (AvgIpc) is 2.88. The zero-order valence-electron chi connectivity index (χ0n) is 18.8. The molecule has 1 aromatic heterocycles. The summed E-state index contributed by atoms with van der Waals surface area (Å²) in [5.41, 5.74) is 0.667. The third-order valence-corrected chi connectivity index (χ3v) is 6.58. The number of aromatic nitrogens is 1. The van der Waals surface area contributed by atoms with Crippen LogP contribution < -0.4 is 5.43 Å². The van der Waals surface area contributed by atoms with Gasteiger partial charge in [-0.2, -0.15) is 5.01 Å². The van der Waals surface area contributed by atoms with Gasteiger partial charge < -0.3 is 14.4 Å². The molecule has 1 atom stereocenters. The maximum absolute atomic E-state index is 13.5. The van der Waals surface area contributed by atoms with Crippen LogP contribution in [0.25, 0.3) is 0 Å². The molecule has 34 heavy (non-hydrogen) atoms. The summed E-state index contributed by atoms with van der Waals surface area (Å²) in [7, 11) is 1.18. The van der Waals surface area contributed by atoms with Gasteiger partial charge in [0.15, 0.2) is 11.4 Å². The van der Waals surface area contributed by atoms with Gasteiger partial charge in [-0.05, 0) is 24.0 Å². The van der Waals surface area contributed by atoms with Crippen LogP contribution in [0.2, 0.25) is 0 Å². The smallest absolute Gasteiger partial charge is 0.343 e. The molecule has 0 bridgehead atoms. The van der Waals surface area contributed by atoms with Gasteiger partial charge in [0.05, 0.1) is 7.11 Å². The Morgan fingerprint density at radius 1 is 0.971 bits per heavy atom. The largest absolute Gasteiger partial charge is 0.503 e. The fraction of sp³-hybridized carbons (Fsp3) is 0.269. The number of aromatic hydroxyl groups is 1. The second-order valence-electron chi connectivity index (χ2n) is 8.48. The van der Waals surface area contributed by atoms with Gasteiger partial charge in [0.25, 0.3) is 5.91 Å². The van der Waals surface area contributed by atoms with E-state index in [0.29, 0.717) is 13.1 Å². The summed E-state index contributed by atoms with van der Waals surface area (Å²) in [4.78, 5) is 38.7. The van der Waals surface area contributed by atoms with E-state index in [9.17, 15) is 19.5 Å². The van der Waals surface area contributed by atoms with Crippen LogP contribution in [-0.2, 0) is 4.74 Å². The van der Waals surface area contributed by atoms with Crippen LogP contribution >= 0.6 is 0 Å². The maximum Gasteiger partial charge on any atom is 0.343 e. The summed E-state index contributed by atoms with van der Waals surface area (Å²) < 4.78 is 6.37. The number of methoxy groups -OCH3 is 1. The molecule has 1 fully saturated rings. The molecule has 3 heterocycles. The minimum absolute atomic E-state index is 0.113. The molecule has 8 nitrogen and oxygen atoms in total. The molecule has 5 rings (SSSR count). The van der Waals surface area contributed by atoms with Crippen LogP contribution in [-0.4, -0.2) is 51.8 Å². The van der Waals surface area contributed by atoms with Gasteiger partial charge in [0.2, 0.25) is 5.43 Å². The Morgan fingerprint density at radius 3 is 2.15 bits per heavy atom. The second kappa shape index (κ2) is 8.79. The summed E-state index contributed by atoms with van der Waals surface area (Å²) in [6, 6.07) is 19.8. The highest BCUT2D eigenvalue weighted by Gasteiger charge is 2.45. The van der Waals surface area contributed by atoms with Crippen molar-refractivity contribution < 1.29 is 19.4 Å². The highest BCUT2D eigenvalue weighted by Crippen LogP contribution is 2.43. The van der Waals surface area contributed by atoms with Gasteiger partial charge in [-0.3, -0.25) is 14.6 Å². The first-order chi connectivity index (χ1) is 16.5. The number of esters is 1. The lowest BCUT2D eigenvalue weighted by Crippen LogP contribution is -2.59. The van der Waals surface area contributed by atoms with Crippen molar-refractivity contribution in [3.05, 3.63) is 99.5 Å². The first kappa shape index (κ1) is 21.9. The number of benzene rings is 2. The van der Waals surface area contributed by atoms with E-state index in [2.05, 4.69) is 0 Å². The van der Waals surface area contributed by atoms with E-state index in [0.717, 1.165) is 24.0 Å². The Morgan fingerprint density at radius 2 is 1.56 bits per heavy atom. The van der Waals surface area contributed by atoms with E-state index in [-0.39, 0.29) is 17.2 Å². The monoisotopic (exact) mass is 459 g/mol. The van der Waals surface area contributed by atoms with Crippen LogP contribution in [0.1, 0.15) is 56.9 Å². The molecular formula is C26H25N3O5. The molecular weight excluding hydrogens is 434 g/mol. The predicted octanol–water partition coefficient (Wildman–Crippen LogP) is 3.14. The van der Waals surface area contributed by atoms with E-state index < -0.39 is 29.2 Å². The Bertz CT molecular complexity index is 1250. The third kappa shape index (κ3) is 3.47. The third-order valence-electron chi connectivity index (χ3n) is 6.58. The van der Waals surface area contributed by atoms with Crippen molar-refractivity contribution in [2.45, 2.75) is 24.9 Å². The minimum atomic E-state index is -0.911. The van der Waals surface area contributed by atoms with Crippen LogP contribution in [0.15, 0.2) is 71.7 Å². The molecule has 2 aromatic carbocycles. The molecule has 2 aliphatic heterocycles. The summed E-state index contributed by atoms with van der Waals surface area (Å²) in [6.45, 7) is 1.10. The number of pyridine rings is 1. The molecule has 0 radical (unpaired) electrons. The molecule has 2 aliphatic rings. The quantitative estimate of drug-likeness (QED) is 0.603. The number of hydrogen-bond acceptors (Lipinski definition) is 6. The molecule has 0 aliphatic carbocycles. The van der Waals surface area contributed by atoms with Gasteiger partial charge >= 0.3 is 5.97 Å². The SMILES string of the molecule is COC(=O)c1cn2c(c(O)c1=O)C(=O)N1CCCCN1C2C(c1ccccc1)c1ccccc1. The van der Waals surface area contributed by atoms with Gasteiger partial charge in [-0.15, -0.1) is 0 Å². The topological polar surface area (TPSA) is 92.1 Å². The summed E-state index contributed by atoms with van der Waals surface area (Å²) in [5.74, 6) is -2.31. The van der Waals surface area contributed by atoms with Gasteiger partial charge in [-0.25, -0.2) is 4.79 Å². The van der Waals surface area contributed by atoms with Crippen molar-refractivity contribution >= 4 is 11.9 Å². The number of amides is 1. The highest BCUT2D eigenvalue weighted by atomic mass is 16.5. The highest BCUT2D eigenvalue weighted by molar-refractivity contribution is 5.97. The Labute approximate surface area is 196 Å². The molecule has 0 saturated carbocycles. The van der Waals surface area contributed by atoms with Crippen molar-refractivity contribution in [1.82, 2.24) is 14.6 Å². The molecule has 1 saturated heterocycles. The van der Waals surface area contributed by atoms with Crippen LogP contribution in [0.5, 0.6) is 5.75 Å².